The molecule has 0 amide bonds. The van der Waals surface area contributed by atoms with E-state index >= 15 is 0 Å². The van der Waals surface area contributed by atoms with E-state index in [2.05, 4.69) is 5.10 Å². The van der Waals surface area contributed by atoms with E-state index in [1.165, 1.54) is 6.39 Å². The van der Waals surface area contributed by atoms with E-state index in [9.17, 15) is 0 Å². The quantitative estimate of drug-likeness (QED) is 0.568. The minimum atomic E-state index is 0.139. The van der Waals surface area contributed by atoms with Crippen molar-refractivity contribution in [2.24, 2.45) is 0 Å². The Labute approximate surface area is 56.2 Å². The molecule has 0 aliphatic carbocycles. The van der Waals surface area contributed by atoms with Crippen molar-refractivity contribution in [3.8, 4) is 0 Å². The van der Waals surface area contributed by atoms with Crippen LogP contribution in [0.5, 0.6) is 0 Å². The van der Waals surface area contributed by atoms with Crippen molar-refractivity contribution in [1.29, 1.82) is 5.41 Å². The van der Waals surface area contributed by atoms with Crippen LogP contribution in [0.2, 0.25) is 0 Å². The van der Waals surface area contributed by atoms with Gasteiger partial charge >= 0.3 is 0 Å². The fraction of sp³-hybridized carbons (Fsp3) is 0. The van der Waals surface area contributed by atoms with Crippen LogP contribution in [-0.2, 0) is 0 Å². The van der Waals surface area contributed by atoms with Crippen LogP contribution in [0.1, 0.15) is 0 Å². The first-order chi connectivity index (χ1) is 4.88. The van der Waals surface area contributed by atoms with Gasteiger partial charge < -0.3 is 4.42 Å². The lowest BCUT2D eigenvalue weighted by atomic mass is 10.5. The summed E-state index contributed by atoms with van der Waals surface area (Å²) in [6.07, 6.45) is 3.01. The van der Waals surface area contributed by atoms with E-state index in [1.807, 2.05) is 6.07 Å². The molecule has 0 atom stereocenters. The molecule has 2 rings (SSSR count). The molecule has 2 heterocycles. The average molecular weight is 135 g/mol. The molecule has 0 aliphatic rings. The van der Waals surface area contributed by atoms with Crippen molar-refractivity contribution >= 4 is 5.52 Å². The van der Waals surface area contributed by atoms with Gasteiger partial charge in [-0.15, -0.1) is 5.10 Å². The minimum absolute atomic E-state index is 0.139. The second-order valence-corrected chi connectivity index (χ2v) is 1.91. The van der Waals surface area contributed by atoms with E-state index in [4.69, 9.17) is 9.83 Å². The summed E-state index contributed by atoms with van der Waals surface area (Å²) in [5.41, 5.74) is 0.822. The Morgan fingerprint density at radius 3 is 3.30 bits per heavy atom. The van der Waals surface area contributed by atoms with Crippen molar-refractivity contribution < 1.29 is 4.42 Å². The van der Waals surface area contributed by atoms with Gasteiger partial charge in [-0.05, 0) is 12.1 Å². The maximum Gasteiger partial charge on any atom is 0.239 e. The summed E-state index contributed by atoms with van der Waals surface area (Å²) in [6, 6.07) is 3.59. The smallest absolute Gasteiger partial charge is 0.239 e. The molecule has 0 fully saturated rings. The van der Waals surface area contributed by atoms with E-state index < -0.39 is 0 Å². The van der Waals surface area contributed by atoms with E-state index in [-0.39, 0.29) is 5.55 Å². The van der Waals surface area contributed by atoms with Crippen LogP contribution in [0.3, 0.4) is 0 Å². The molecular weight excluding hydrogens is 130 g/mol. The highest BCUT2D eigenvalue weighted by Crippen LogP contribution is 1.92. The largest absolute Gasteiger partial charge is 0.424 e. The van der Waals surface area contributed by atoms with Crippen LogP contribution in [0.15, 0.2) is 29.1 Å². The van der Waals surface area contributed by atoms with Gasteiger partial charge in [0.15, 0.2) is 0 Å². The summed E-state index contributed by atoms with van der Waals surface area (Å²) in [5.74, 6) is 0. The van der Waals surface area contributed by atoms with Gasteiger partial charge in [-0.25, -0.2) is 4.52 Å². The molecule has 0 bridgehead atoms. The Balaban J connectivity index is 3.09. The van der Waals surface area contributed by atoms with Gasteiger partial charge in [0.25, 0.3) is 0 Å². The Bertz CT molecular complexity index is 400. The number of fused-ring (bicyclic) bond motifs is 1. The summed E-state index contributed by atoms with van der Waals surface area (Å²) in [5, 5.41) is 11.1. The first-order valence-electron chi connectivity index (χ1n) is 2.84. The Hall–Kier alpha value is -1.58. The van der Waals surface area contributed by atoms with Gasteiger partial charge in [-0.1, -0.05) is 0 Å². The molecule has 0 aromatic carbocycles. The third-order valence-corrected chi connectivity index (χ3v) is 1.30. The molecule has 0 aliphatic heterocycles. The molecule has 0 unspecified atom stereocenters. The normalized spacial score (nSPS) is 10.4. The monoisotopic (exact) mass is 135 g/mol. The van der Waals surface area contributed by atoms with Crippen molar-refractivity contribution in [3.05, 3.63) is 30.3 Å². The number of hydrogen-bond acceptors (Lipinski definition) is 3. The van der Waals surface area contributed by atoms with Gasteiger partial charge in [0.2, 0.25) is 11.9 Å². The molecule has 2 aromatic rings. The molecular formula is C6H5N3O. The average Bonchev–Trinajstić information content (AvgIpc) is 2.36. The van der Waals surface area contributed by atoms with Crippen LogP contribution >= 0.6 is 0 Å². The predicted molar refractivity (Wildman–Crippen MR) is 33.3 cm³/mol. The molecule has 10 heavy (non-hydrogen) atoms. The summed E-state index contributed by atoms with van der Waals surface area (Å²) < 4.78 is 6.32. The molecule has 0 saturated heterocycles. The molecule has 2 aromatic heterocycles. The van der Waals surface area contributed by atoms with Crippen molar-refractivity contribution in [2.75, 3.05) is 0 Å². The summed E-state index contributed by atoms with van der Waals surface area (Å²) in [6.45, 7) is 0. The zero-order chi connectivity index (χ0) is 6.97. The van der Waals surface area contributed by atoms with Gasteiger partial charge in [0, 0.05) is 6.20 Å². The van der Waals surface area contributed by atoms with Crippen molar-refractivity contribution in [1.82, 2.24) is 9.61 Å². The SMILES string of the molecule is N=c1ocnn2cccc12. The van der Waals surface area contributed by atoms with Crippen LogP contribution in [0.25, 0.3) is 5.52 Å². The molecule has 4 nitrogen and oxygen atoms in total. The molecule has 0 radical (unpaired) electrons. The third kappa shape index (κ3) is 0.556. The second kappa shape index (κ2) is 1.70. The lowest BCUT2D eigenvalue weighted by Gasteiger charge is -1.88. The number of nitrogens with one attached hydrogen (secondary N) is 1. The van der Waals surface area contributed by atoms with Crippen LogP contribution in [0, 0.1) is 5.41 Å². The number of hydrogen-bond donors (Lipinski definition) is 1. The highest BCUT2D eigenvalue weighted by atomic mass is 16.3. The predicted octanol–water partition coefficient (Wildman–Crippen LogP) is 0.407. The van der Waals surface area contributed by atoms with E-state index in [1.54, 1.807) is 16.8 Å². The summed E-state index contributed by atoms with van der Waals surface area (Å²) in [4.78, 5) is 0. The fourth-order valence-electron chi connectivity index (χ4n) is 0.840. The van der Waals surface area contributed by atoms with Gasteiger partial charge in [0.1, 0.15) is 5.52 Å². The number of aromatic nitrogens is 2. The highest BCUT2D eigenvalue weighted by molar-refractivity contribution is 5.40. The minimum Gasteiger partial charge on any atom is -0.424 e. The maximum absolute atomic E-state index is 7.25. The zero-order valence-corrected chi connectivity index (χ0v) is 5.11. The lowest BCUT2D eigenvalue weighted by Crippen LogP contribution is -2.03. The maximum atomic E-state index is 7.25. The summed E-state index contributed by atoms with van der Waals surface area (Å²) in [7, 11) is 0. The molecule has 1 N–H and O–H groups in total. The fourth-order valence-corrected chi connectivity index (χ4v) is 0.840. The van der Waals surface area contributed by atoms with Crippen molar-refractivity contribution in [3.63, 3.8) is 0 Å². The molecule has 50 valence electrons. The van der Waals surface area contributed by atoms with Gasteiger partial charge in [0.05, 0.1) is 0 Å². The molecule has 0 spiro atoms. The summed E-state index contributed by atoms with van der Waals surface area (Å²) >= 11 is 0. The Morgan fingerprint density at radius 1 is 1.60 bits per heavy atom. The van der Waals surface area contributed by atoms with Crippen molar-refractivity contribution in [2.45, 2.75) is 0 Å². The highest BCUT2D eigenvalue weighted by Gasteiger charge is 1.92. The Morgan fingerprint density at radius 2 is 2.50 bits per heavy atom. The van der Waals surface area contributed by atoms with E-state index in [0.717, 1.165) is 0 Å². The van der Waals surface area contributed by atoms with E-state index in [0.29, 0.717) is 5.52 Å². The zero-order valence-electron chi connectivity index (χ0n) is 5.11. The standard InChI is InChI=1S/C6H5N3O/c7-6-5-2-1-3-9(5)8-4-10-6/h1-4,7H. The topological polar surface area (TPSA) is 54.3 Å². The number of nitrogens with zero attached hydrogens (tertiary/aromatic N) is 2. The molecule has 4 heteroatoms. The first-order valence-corrected chi connectivity index (χ1v) is 2.84. The van der Waals surface area contributed by atoms with Crippen LogP contribution in [-0.4, -0.2) is 9.61 Å². The van der Waals surface area contributed by atoms with Crippen LogP contribution < -0.4 is 5.55 Å². The third-order valence-electron chi connectivity index (χ3n) is 1.30. The van der Waals surface area contributed by atoms with Crippen LogP contribution in [0.4, 0.5) is 0 Å². The lowest BCUT2D eigenvalue weighted by molar-refractivity contribution is 0.457. The first kappa shape index (κ1) is 5.22. The van der Waals surface area contributed by atoms with Gasteiger partial charge in [-0.3, -0.25) is 5.41 Å². The van der Waals surface area contributed by atoms with Gasteiger partial charge in [-0.2, -0.15) is 0 Å². The Kier molecular flexibility index (Phi) is 0.887. The second-order valence-electron chi connectivity index (χ2n) is 1.91. The number of rotatable bonds is 0. The molecule has 0 saturated carbocycles.